The summed E-state index contributed by atoms with van der Waals surface area (Å²) in [6.07, 6.45) is 0. The van der Waals surface area contributed by atoms with Gasteiger partial charge in [-0.1, -0.05) is 6.07 Å². The summed E-state index contributed by atoms with van der Waals surface area (Å²) in [7, 11) is 0. The van der Waals surface area contributed by atoms with Crippen molar-refractivity contribution in [2.45, 2.75) is 0 Å². The topological polar surface area (TPSA) is 67.5 Å². The molecule has 0 spiro atoms. The van der Waals surface area contributed by atoms with Gasteiger partial charge in [-0.15, -0.1) is 4.91 Å². The SMILES string of the molecule is Nc1cccc(NN=O)c1. The van der Waals surface area contributed by atoms with Gasteiger partial charge in [-0.05, 0) is 18.2 Å². The molecule has 0 bridgehead atoms. The van der Waals surface area contributed by atoms with Crippen molar-refractivity contribution in [1.82, 2.24) is 0 Å². The van der Waals surface area contributed by atoms with Crippen LogP contribution >= 0.6 is 0 Å². The normalized spacial score (nSPS) is 8.80. The van der Waals surface area contributed by atoms with Crippen molar-refractivity contribution in [3.63, 3.8) is 0 Å². The van der Waals surface area contributed by atoms with Crippen LogP contribution in [0.5, 0.6) is 0 Å². The molecule has 0 aliphatic rings. The first kappa shape index (κ1) is 6.54. The van der Waals surface area contributed by atoms with E-state index in [1.54, 1.807) is 24.3 Å². The van der Waals surface area contributed by atoms with E-state index in [9.17, 15) is 4.91 Å². The third-order valence-electron chi connectivity index (χ3n) is 1.06. The van der Waals surface area contributed by atoms with Crippen LogP contribution in [-0.2, 0) is 0 Å². The van der Waals surface area contributed by atoms with Crippen molar-refractivity contribution >= 4 is 11.4 Å². The molecular weight excluding hydrogens is 130 g/mol. The lowest BCUT2D eigenvalue weighted by Gasteiger charge is -1.96. The molecule has 0 saturated heterocycles. The highest BCUT2D eigenvalue weighted by molar-refractivity contribution is 5.53. The van der Waals surface area contributed by atoms with Crippen LogP contribution in [0.3, 0.4) is 0 Å². The third-order valence-corrected chi connectivity index (χ3v) is 1.06. The van der Waals surface area contributed by atoms with Crippen LogP contribution in [0.4, 0.5) is 11.4 Å². The molecule has 3 N–H and O–H groups in total. The highest BCUT2D eigenvalue weighted by Crippen LogP contribution is 2.10. The zero-order chi connectivity index (χ0) is 7.40. The lowest BCUT2D eigenvalue weighted by atomic mass is 10.3. The fourth-order valence-corrected chi connectivity index (χ4v) is 0.661. The van der Waals surface area contributed by atoms with E-state index in [1.807, 2.05) is 0 Å². The summed E-state index contributed by atoms with van der Waals surface area (Å²) in [5.74, 6) is 0. The second kappa shape index (κ2) is 2.82. The molecule has 0 aliphatic carbocycles. The zero-order valence-electron chi connectivity index (χ0n) is 5.24. The molecule has 0 saturated carbocycles. The monoisotopic (exact) mass is 137 g/mol. The molecule has 0 radical (unpaired) electrons. The number of nitroso groups, excluding NO2 is 1. The maximum atomic E-state index is 9.68. The maximum Gasteiger partial charge on any atom is 0.0614 e. The van der Waals surface area contributed by atoms with Crippen LogP contribution in [0.25, 0.3) is 0 Å². The van der Waals surface area contributed by atoms with Gasteiger partial charge in [-0.3, -0.25) is 0 Å². The van der Waals surface area contributed by atoms with Crippen LogP contribution in [0.2, 0.25) is 0 Å². The number of rotatable bonds is 2. The highest BCUT2D eigenvalue weighted by Gasteiger charge is 1.88. The first-order chi connectivity index (χ1) is 4.83. The lowest BCUT2D eigenvalue weighted by molar-refractivity contribution is 1.32. The molecule has 10 heavy (non-hydrogen) atoms. The van der Waals surface area contributed by atoms with E-state index in [1.165, 1.54) is 0 Å². The molecular formula is C6H7N3O. The summed E-state index contributed by atoms with van der Waals surface area (Å²) >= 11 is 0. The number of nitrogens with zero attached hydrogens (tertiary/aromatic N) is 1. The van der Waals surface area contributed by atoms with Gasteiger partial charge in [0.05, 0.1) is 11.0 Å². The minimum absolute atomic E-state index is 0.605. The van der Waals surface area contributed by atoms with E-state index in [4.69, 9.17) is 5.73 Å². The largest absolute Gasteiger partial charge is 0.399 e. The fourth-order valence-electron chi connectivity index (χ4n) is 0.661. The maximum absolute atomic E-state index is 9.68. The van der Waals surface area contributed by atoms with E-state index in [2.05, 4.69) is 10.7 Å². The summed E-state index contributed by atoms with van der Waals surface area (Å²) in [5, 5.41) is 2.49. The van der Waals surface area contributed by atoms with Gasteiger partial charge in [-0.2, -0.15) is 0 Å². The zero-order valence-corrected chi connectivity index (χ0v) is 5.24. The van der Waals surface area contributed by atoms with Crippen LogP contribution in [0.15, 0.2) is 29.6 Å². The minimum Gasteiger partial charge on any atom is -0.399 e. The summed E-state index contributed by atoms with van der Waals surface area (Å²) in [6.45, 7) is 0. The van der Waals surface area contributed by atoms with E-state index >= 15 is 0 Å². The van der Waals surface area contributed by atoms with Gasteiger partial charge < -0.3 is 5.73 Å². The summed E-state index contributed by atoms with van der Waals surface area (Å²) in [4.78, 5) is 9.68. The van der Waals surface area contributed by atoms with Gasteiger partial charge in [0.15, 0.2) is 0 Å². The first-order valence-corrected chi connectivity index (χ1v) is 2.77. The molecule has 4 nitrogen and oxygen atoms in total. The van der Waals surface area contributed by atoms with Gasteiger partial charge in [0.25, 0.3) is 0 Å². The number of nitrogen functional groups attached to an aromatic ring is 1. The predicted octanol–water partition coefficient (Wildman–Crippen LogP) is 1.36. The Morgan fingerprint density at radius 3 is 2.90 bits per heavy atom. The average Bonchev–Trinajstić information content (AvgIpc) is 1.88. The lowest BCUT2D eigenvalue weighted by Crippen LogP contribution is -1.88. The number of benzene rings is 1. The Morgan fingerprint density at radius 1 is 1.50 bits per heavy atom. The Labute approximate surface area is 58.0 Å². The number of hydrogen-bond acceptors (Lipinski definition) is 3. The Morgan fingerprint density at radius 2 is 2.30 bits per heavy atom. The number of hydrogen-bond donors (Lipinski definition) is 2. The molecule has 0 amide bonds. The molecule has 0 atom stereocenters. The van der Waals surface area contributed by atoms with Crippen molar-refractivity contribution in [3.8, 4) is 0 Å². The van der Waals surface area contributed by atoms with Gasteiger partial charge in [0.2, 0.25) is 0 Å². The van der Waals surface area contributed by atoms with Crippen LogP contribution < -0.4 is 11.2 Å². The van der Waals surface area contributed by atoms with Gasteiger partial charge in [0.1, 0.15) is 0 Å². The Balaban J connectivity index is 2.84. The molecule has 1 aromatic rings. The van der Waals surface area contributed by atoms with Gasteiger partial charge in [-0.25, -0.2) is 5.43 Å². The van der Waals surface area contributed by atoms with Crippen molar-refractivity contribution in [3.05, 3.63) is 29.2 Å². The smallest absolute Gasteiger partial charge is 0.0614 e. The van der Waals surface area contributed by atoms with Gasteiger partial charge in [0, 0.05) is 5.69 Å². The van der Waals surface area contributed by atoms with Crippen LogP contribution in [0.1, 0.15) is 0 Å². The van der Waals surface area contributed by atoms with E-state index in [0.29, 0.717) is 11.4 Å². The van der Waals surface area contributed by atoms with E-state index < -0.39 is 0 Å². The van der Waals surface area contributed by atoms with Gasteiger partial charge >= 0.3 is 0 Å². The molecule has 0 unspecified atom stereocenters. The standard InChI is InChI=1S/C6H7N3O/c7-5-2-1-3-6(4-5)8-9-10/h1-4H,7H2,(H,8,10). The highest BCUT2D eigenvalue weighted by atomic mass is 16.3. The number of anilines is 2. The van der Waals surface area contributed by atoms with Crippen LogP contribution in [-0.4, -0.2) is 0 Å². The number of nitrogens with one attached hydrogen (secondary N) is 1. The summed E-state index contributed by atoms with van der Waals surface area (Å²) in [6, 6.07) is 6.80. The van der Waals surface area contributed by atoms with E-state index in [0.717, 1.165) is 0 Å². The molecule has 4 heteroatoms. The summed E-state index contributed by atoms with van der Waals surface area (Å²) < 4.78 is 0. The molecule has 52 valence electrons. The second-order valence-electron chi connectivity index (χ2n) is 1.83. The predicted molar refractivity (Wildman–Crippen MR) is 40.3 cm³/mol. The summed E-state index contributed by atoms with van der Waals surface area (Å²) in [5.41, 5.74) is 8.85. The van der Waals surface area contributed by atoms with Crippen molar-refractivity contribution in [1.29, 1.82) is 0 Å². The quantitative estimate of drug-likeness (QED) is 0.367. The Bertz CT molecular complexity index is 236. The van der Waals surface area contributed by atoms with E-state index in [-0.39, 0.29) is 0 Å². The molecule has 0 aliphatic heterocycles. The fraction of sp³-hybridized carbons (Fsp3) is 0. The average molecular weight is 137 g/mol. The Hall–Kier alpha value is -1.58. The van der Waals surface area contributed by atoms with Crippen molar-refractivity contribution in [2.24, 2.45) is 5.29 Å². The van der Waals surface area contributed by atoms with Crippen molar-refractivity contribution < 1.29 is 0 Å². The molecule has 0 heterocycles. The number of nitrogens with two attached hydrogens (primary N) is 1. The minimum atomic E-state index is 0.605. The molecule has 1 aromatic carbocycles. The third kappa shape index (κ3) is 1.45. The Kier molecular flexibility index (Phi) is 1.84. The van der Waals surface area contributed by atoms with Crippen molar-refractivity contribution in [2.75, 3.05) is 11.2 Å². The second-order valence-corrected chi connectivity index (χ2v) is 1.83. The molecule has 1 rings (SSSR count). The first-order valence-electron chi connectivity index (χ1n) is 2.77. The molecule has 0 aromatic heterocycles. The molecule has 0 fully saturated rings. The van der Waals surface area contributed by atoms with Crippen LogP contribution in [0, 0.1) is 4.91 Å².